The lowest BCUT2D eigenvalue weighted by Gasteiger charge is -2.33. The second kappa shape index (κ2) is 10.2. The number of carbonyl (C=O) groups is 1. The second-order valence-electron chi connectivity index (χ2n) is 7.53. The van der Waals surface area contributed by atoms with Crippen LogP contribution in [-0.4, -0.2) is 37.1 Å². The summed E-state index contributed by atoms with van der Waals surface area (Å²) in [5, 5.41) is 8.86. The van der Waals surface area contributed by atoms with E-state index < -0.39 is 0 Å². The Bertz CT molecular complexity index is 873. The van der Waals surface area contributed by atoms with Crippen LogP contribution in [0.2, 0.25) is 0 Å². The molecule has 1 heterocycles. The molecule has 1 aliphatic heterocycles. The van der Waals surface area contributed by atoms with Gasteiger partial charge in [-0.1, -0.05) is 30.3 Å². The second-order valence-corrected chi connectivity index (χ2v) is 7.53. The summed E-state index contributed by atoms with van der Waals surface area (Å²) in [5.74, 6) is -0.0415. The van der Waals surface area contributed by atoms with Crippen molar-refractivity contribution < 1.29 is 13.9 Å². The van der Waals surface area contributed by atoms with Gasteiger partial charge in [-0.05, 0) is 67.5 Å². The molecule has 1 fully saturated rings. The van der Waals surface area contributed by atoms with E-state index in [4.69, 9.17) is 10.00 Å². The Balaban J connectivity index is 1.55. The normalized spacial score (nSPS) is 16.9. The van der Waals surface area contributed by atoms with Crippen LogP contribution in [0.4, 0.5) is 4.39 Å². The van der Waals surface area contributed by atoms with Gasteiger partial charge in [0.1, 0.15) is 5.82 Å². The van der Waals surface area contributed by atoms with Gasteiger partial charge >= 0.3 is 5.97 Å². The summed E-state index contributed by atoms with van der Waals surface area (Å²) in [7, 11) is 0. The predicted octanol–water partition coefficient (Wildman–Crippen LogP) is 4.23. The lowest BCUT2D eigenvalue weighted by atomic mass is 9.89. The van der Waals surface area contributed by atoms with Crippen LogP contribution in [0.15, 0.2) is 42.5 Å². The third-order valence-corrected chi connectivity index (χ3v) is 5.49. The minimum absolute atomic E-state index is 0.195. The Morgan fingerprint density at radius 3 is 2.76 bits per heavy atom. The highest BCUT2D eigenvalue weighted by atomic mass is 19.1. The number of halogens is 1. The summed E-state index contributed by atoms with van der Waals surface area (Å²) in [6.07, 6.45) is 3.20. The van der Waals surface area contributed by atoms with Crippen LogP contribution >= 0.6 is 0 Å². The van der Waals surface area contributed by atoms with Gasteiger partial charge in [0, 0.05) is 13.1 Å². The van der Waals surface area contributed by atoms with Gasteiger partial charge in [0.25, 0.3) is 0 Å². The average Bonchev–Trinajstić information content (AvgIpc) is 2.73. The van der Waals surface area contributed by atoms with Crippen molar-refractivity contribution in [1.29, 1.82) is 5.26 Å². The lowest BCUT2D eigenvalue weighted by Crippen LogP contribution is -2.35. The van der Waals surface area contributed by atoms with Crippen LogP contribution in [0.1, 0.15) is 47.9 Å². The third-order valence-electron chi connectivity index (χ3n) is 5.49. The molecule has 3 rings (SSSR count). The van der Waals surface area contributed by atoms with Gasteiger partial charge in [0.2, 0.25) is 0 Å². The smallest absolute Gasteiger partial charge is 0.310 e. The predicted molar refractivity (Wildman–Crippen MR) is 110 cm³/mol. The van der Waals surface area contributed by atoms with E-state index in [-0.39, 0.29) is 11.8 Å². The zero-order valence-corrected chi connectivity index (χ0v) is 16.9. The van der Waals surface area contributed by atoms with Crippen molar-refractivity contribution in [3.63, 3.8) is 0 Å². The standard InChI is InChI=1S/C24H27FN2O2/c1-2-29-24(28)15-18-5-8-20(9-6-18)22-4-3-12-27(17-22)13-11-21-10-7-19(16-26)14-23(21)25/h5-10,14,22H,2-4,11-13,15,17H2,1H3. The van der Waals surface area contributed by atoms with E-state index in [1.807, 2.05) is 25.1 Å². The third kappa shape index (κ3) is 5.88. The zero-order valence-electron chi connectivity index (χ0n) is 16.9. The van der Waals surface area contributed by atoms with Crippen molar-refractivity contribution in [2.75, 3.05) is 26.2 Å². The van der Waals surface area contributed by atoms with Crippen molar-refractivity contribution in [3.05, 3.63) is 70.5 Å². The summed E-state index contributed by atoms with van der Waals surface area (Å²) in [5.41, 5.74) is 3.27. The van der Waals surface area contributed by atoms with Crippen LogP contribution in [0.5, 0.6) is 0 Å². The fourth-order valence-electron chi connectivity index (χ4n) is 3.92. The van der Waals surface area contributed by atoms with Crippen LogP contribution in [0, 0.1) is 17.1 Å². The van der Waals surface area contributed by atoms with Crippen molar-refractivity contribution >= 4 is 5.97 Å². The molecule has 2 aromatic rings. The summed E-state index contributed by atoms with van der Waals surface area (Å²) < 4.78 is 19.1. The summed E-state index contributed by atoms with van der Waals surface area (Å²) in [4.78, 5) is 14.0. The first-order valence-corrected chi connectivity index (χ1v) is 10.2. The lowest BCUT2D eigenvalue weighted by molar-refractivity contribution is -0.142. The van der Waals surface area contributed by atoms with Crippen molar-refractivity contribution in [3.8, 4) is 6.07 Å². The Kier molecular flexibility index (Phi) is 7.37. The molecule has 0 radical (unpaired) electrons. The van der Waals surface area contributed by atoms with E-state index in [1.165, 1.54) is 11.6 Å². The number of hydrogen-bond acceptors (Lipinski definition) is 4. The molecule has 0 aromatic heterocycles. The molecule has 0 saturated carbocycles. The quantitative estimate of drug-likeness (QED) is 0.660. The number of carbonyl (C=O) groups excluding carboxylic acids is 1. The van der Waals surface area contributed by atoms with E-state index in [0.29, 0.717) is 36.5 Å². The number of piperidine rings is 1. The highest BCUT2D eigenvalue weighted by Gasteiger charge is 2.21. The molecule has 1 unspecified atom stereocenters. The van der Waals surface area contributed by atoms with Gasteiger partial charge in [-0.2, -0.15) is 5.26 Å². The molecular weight excluding hydrogens is 367 g/mol. The number of ether oxygens (including phenoxy) is 1. The average molecular weight is 394 g/mol. The Labute approximate surface area is 171 Å². The minimum Gasteiger partial charge on any atom is -0.466 e. The molecule has 29 heavy (non-hydrogen) atoms. The van der Waals surface area contributed by atoms with E-state index >= 15 is 0 Å². The maximum Gasteiger partial charge on any atom is 0.310 e. The summed E-state index contributed by atoms with van der Waals surface area (Å²) >= 11 is 0. The molecule has 152 valence electrons. The summed E-state index contributed by atoms with van der Waals surface area (Å²) in [6.45, 7) is 5.00. The highest BCUT2D eigenvalue weighted by molar-refractivity contribution is 5.72. The number of hydrogen-bond donors (Lipinski definition) is 0. The molecule has 0 N–H and O–H groups in total. The fourth-order valence-corrected chi connectivity index (χ4v) is 3.92. The first kappa shape index (κ1) is 21.0. The Hall–Kier alpha value is -2.71. The van der Waals surface area contributed by atoms with Crippen LogP contribution in [0.25, 0.3) is 0 Å². The first-order valence-electron chi connectivity index (χ1n) is 10.2. The van der Waals surface area contributed by atoms with E-state index in [0.717, 1.165) is 38.0 Å². The molecule has 2 aromatic carbocycles. The summed E-state index contributed by atoms with van der Waals surface area (Å²) in [6, 6.07) is 14.9. The van der Waals surface area contributed by atoms with E-state index in [9.17, 15) is 9.18 Å². The van der Waals surface area contributed by atoms with E-state index in [1.54, 1.807) is 12.1 Å². The van der Waals surface area contributed by atoms with Crippen molar-refractivity contribution in [2.24, 2.45) is 0 Å². The van der Waals surface area contributed by atoms with Gasteiger partial charge in [-0.3, -0.25) is 4.79 Å². The van der Waals surface area contributed by atoms with Gasteiger partial charge in [-0.25, -0.2) is 4.39 Å². The molecule has 1 saturated heterocycles. The zero-order chi connectivity index (χ0) is 20.6. The molecule has 1 aliphatic rings. The molecular formula is C24H27FN2O2. The SMILES string of the molecule is CCOC(=O)Cc1ccc(C2CCCN(CCc3ccc(C#N)cc3F)C2)cc1. The monoisotopic (exact) mass is 394 g/mol. The topological polar surface area (TPSA) is 53.3 Å². The number of nitriles is 1. The number of esters is 1. The van der Waals surface area contributed by atoms with Crippen LogP contribution < -0.4 is 0 Å². The number of benzene rings is 2. The van der Waals surface area contributed by atoms with Gasteiger partial charge < -0.3 is 9.64 Å². The number of rotatable bonds is 7. The highest BCUT2D eigenvalue weighted by Crippen LogP contribution is 2.27. The minimum atomic E-state index is -0.296. The number of nitrogens with zero attached hydrogens (tertiary/aromatic N) is 2. The largest absolute Gasteiger partial charge is 0.466 e. The molecule has 4 nitrogen and oxygen atoms in total. The maximum absolute atomic E-state index is 14.1. The number of likely N-dealkylation sites (tertiary alicyclic amines) is 1. The molecule has 5 heteroatoms. The molecule has 0 spiro atoms. The molecule has 1 atom stereocenters. The maximum atomic E-state index is 14.1. The Morgan fingerprint density at radius 2 is 2.07 bits per heavy atom. The van der Waals surface area contributed by atoms with Crippen LogP contribution in [-0.2, 0) is 22.4 Å². The molecule has 0 bridgehead atoms. The fraction of sp³-hybridized carbons (Fsp3) is 0.417. The molecule has 0 aliphatic carbocycles. The van der Waals surface area contributed by atoms with Crippen molar-refractivity contribution in [1.82, 2.24) is 4.90 Å². The Morgan fingerprint density at radius 1 is 1.28 bits per heavy atom. The van der Waals surface area contributed by atoms with Crippen molar-refractivity contribution in [2.45, 2.75) is 38.5 Å². The molecule has 0 amide bonds. The van der Waals surface area contributed by atoms with Crippen LogP contribution in [0.3, 0.4) is 0 Å². The van der Waals surface area contributed by atoms with Gasteiger partial charge in [0.15, 0.2) is 0 Å². The van der Waals surface area contributed by atoms with E-state index in [2.05, 4.69) is 17.0 Å². The first-order chi connectivity index (χ1) is 14.1. The van der Waals surface area contributed by atoms with Gasteiger partial charge in [0.05, 0.1) is 24.7 Å². The van der Waals surface area contributed by atoms with Gasteiger partial charge in [-0.15, -0.1) is 0 Å².